The number of likely N-dealkylation sites (tertiary alicyclic amines) is 1. The molecule has 0 unspecified atom stereocenters. The van der Waals surface area contributed by atoms with Crippen LogP contribution in [0.4, 0.5) is 4.39 Å². The van der Waals surface area contributed by atoms with Crippen LogP contribution in [0.1, 0.15) is 29.7 Å². The number of amides is 1. The molecule has 1 aromatic carbocycles. The van der Waals surface area contributed by atoms with Crippen molar-refractivity contribution in [3.05, 3.63) is 52.0 Å². The zero-order valence-corrected chi connectivity index (χ0v) is 18.4. The molecule has 162 valence electrons. The summed E-state index contributed by atoms with van der Waals surface area (Å²) in [7, 11) is -3.82. The Kier molecular flexibility index (Phi) is 6.52. The van der Waals surface area contributed by atoms with Gasteiger partial charge in [0.25, 0.3) is 0 Å². The Labute approximate surface area is 180 Å². The highest BCUT2D eigenvalue weighted by Gasteiger charge is 2.29. The van der Waals surface area contributed by atoms with Gasteiger partial charge in [0.2, 0.25) is 15.9 Å². The Morgan fingerprint density at radius 2 is 2.00 bits per heavy atom. The molecular formula is C21H26FN3O3S2. The van der Waals surface area contributed by atoms with Crippen LogP contribution in [0.2, 0.25) is 0 Å². The van der Waals surface area contributed by atoms with Crippen LogP contribution in [-0.4, -0.2) is 56.3 Å². The van der Waals surface area contributed by atoms with E-state index in [4.69, 9.17) is 0 Å². The topological polar surface area (TPSA) is 69.7 Å². The van der Waals surface area contributed by atoms with Crippen LogP contribution in [0.25, 0.3) is 0 Å². The number of halogens is 1. The average molecular weight is 452 g/mol. The lowest BCUT2D eigenvalue weighted by Crippen LogP contribution is -2.48. The number of nitrogens with zero attached hydrogens (tertiary/aromatic N) is 2. The number of benzene rings is 1. The Hall–Kier alpha value is -1.81. The Morgan fingerprint density at radius 3 is 2.77 bits per heavy atom. The van der Waals surface area contributed by atoms with Crippen molar-refractivity contribution < 1.29 is 17.6 Å². The van der Waals surface area contributed by atoms with E-state index in [1.54, 1.807) is 0 Å². The largest absolute Gasteiger partial charge is 0.343 e. The summed E-state index contributed by atoms with van der Waals surface area (Å²) in [5.41, 5.74) is 1.44. The lowest BCUT2D eigenvalue weighted by Gasteiger charge is -2.40. The lowest BCUT2D eigenvalue weighted by atomic mass is 9.99. The summed E-state index contributed by atoms with van der Waals surface area (Å²) < 4.78 is 40.1. The molecule has 0 radical (unpaired) electrons. The second-order valence-corrected chi connectivity index (χ2v) is 10.6. The number of sulfonamides is 1. The van der Waals surface area contributed by atoms with Crippen molar-refractivity contribution in [2.45, 2.75) is 43.2 Å². The van der Waals surface area contributed by atoms with Gasteiger partial charge in [-0.2, -0.15) is 0 Å². The second kappa shape index (κ2) is 9.13. The first-order chi connectivity index (χ1) is 14.4. The number of hydrogen-bond acceptors (Lipinski definition) is 5. The number of piperidine rings is 1. The molecule has 1 N–H and O–H groups in total. The fraction of sp³-hybridized carbons (Fsp3) is 0.476. The second-order valence-electron chi connectivity index (χ2n) is 7.81. The van der Waals surface area contributed by atoms with Gasteiger partial charge in [-0.25, -0.2) is 17.5 Å². The summed E-state index contributed by atoms with van der Waals surface area (Å²) in [6, 6.07) is 7.55. The van der Waals surface area contributed by atoms with Crippen LogP contribution >= 0.6 is 11.3 Å². The maximum atomic E-state index is 13.3. The van der Waals surface area contributed by atoms with E-state index in [-0.39, 0.29) is 23.8 Å². The summed E-state index contributed by atoms with van der Waals surface area (Å²) in [4.78, 5) is 18.2. The highest BCUT2D eigenvalue weighted by Crippen LogP contribution is 2.28. The number of carbonyl (C=O) groups excluding carboxylic acids is 1. The molecule has 30 heavy (non-hydrogen) atoms. The number of nitrogens with one attached hydrogen (secondary N) is 1. The number of fused-ring (bicyclic) bond motifs is 1. The molecule has 0 saturated carbocycles. The maximum absolute atomic E-state index is 13.3. The summed E-state index contributed by atoms with van der Waals surface area (Å²) in [6.07, 6.45) is 3.10. The molecule has 2 aliphatic heterocycles. The van der Waals surface area contributed by atoms with Crippen molar-refractivity contribution >= 4 is 27.3 Å². The average Bonchev–Trinajstić information content (AvgIpc) is 3.21. The lowest BCUT2D eigenvalue weighted by molar-refractivity contribution is -0.132. The molecule has 1 amide bonds. The molecule has 1 fully saturated rings. The van der Waals surface area contributed by atoms with Crippen molar-refractivity contribution in [2.24, 2.45) is 0 Å². The van der Waals surface area contributed by atoms with Crippen LogP contribution in [0.5, 0.6) is 0 Å². The van der Waals surface area contributed by atoms with E-state index in [2.05, 4.69) is 21.1 Å². The fourth-order valence-electron chi connectivity index (χ4n) is 4.23. The first kappa shape index (κ1) is 21.4. The number of carbonyl (C=O) groups is 1. The van der Waals surface area contributed by atoms with E-state index in [0.29, 0.717) is 19.1 Å². The van der Waals surface area contributed by atoms with Gasteiger partial charge < -0.3 is 4.90 Å². The smallest absolute Gasteiger partial charge is 0.240 e. The van der Waals surface area contributed by atoms with Gasteiger partial charge >= 0.3 is 0 Å². The monoisotopic (exact) mass is 451 g/mol. The molecule has 0 spiro atoms. The van der Waals surface area contributed by atoms with Crippen LogP contribution < -0.4 is 4.72 Å². The zero-order chi connectivity index (χ0) is 21.1. The minimum Gasteiger partial charge on any atom is -0.343 e. The van der Waals surface area contributed by atoms with Crippen LogP contribution in [0, 0.1) is 5.82 Å². The van der Waals surface area contributed by atoms with Gasteiger partial charge in [-0.15, -0.1) is 11.3 Å². The number of rotatable bonds is 6. The third-order valence-corrected chi connectivity index (χ3v) is 8.39. The Balaban J connectivity index is 1.22. The molecule has 4 rings (SSSR count). The third kappa shape index (κ3) is 4.91. The van der Waals surface area contributed by atoms with Gasteiger partial charge in [-0.05, 0) is 54.5 Å². The van der Waals surface area contributed by atoms with E-state index in [1.165, 1.54) is 28.6 Å². The van der Waals surface area contributed by atoms with Gasteiger partial charge in [-0.1, -0.05) is 6.07 Å². The van der Waals surface area contributed by atoms with E-state index >= 15 is 0 Å². The van der Waals surface area contributed by atoms with Gasteiger partial charge in [0, 0.05) is 50.1 Å². The number of hydrogen-bond donors (Lipinski definition) is 1. The predicted molar refractivity (Wildman–Crippen MR) is 114 cm³/mol. The SMILES string of the molecule is O=C(CCNS(=O)(=O)c1cccc(F)c1)N1CCC(N2CCc3sccc3C2)CC1. The Bertz CT molecular complexity index is 1000. The van der Waals surface area contributed by atoms with Crippen molar-refractivity contribution in [3.8, 4) is 0 Å². The molecule has 3 heterocycles. The van der Waals surface area contributed by atoms with E-state index in [1.807, 2.05) is 16.2 Å². The van der Waals surface area contributed by atoms with Crippen molar-refractivity contribution in [3.63, 3.8) is 0 Å². The normalized spacial score (nSPS) is 18.4. The first-order valence-electron chi connectivity index (χ1n) is 10.2. The third-order valence-electron chi connectivity index (χ3n) is 5.91. The molecule has 9 heteroatoms. The van der Waals surface area contributed by atoms with Crippen molar-refractivity contribution in [1.29, 1.82) is 0 Å². The highest BCUT2D eigenvalue weighted by atomic mass is 32.2. The van der Waals surface area contributed by atoms with Gasteiger partial charge in [-0.3, -0.25) is 9.69 Å². The minimum absolute atomic E-state index is 0.00463. The molecule has 1 aromatic heterocycles. The summed E-state index contributed by atoms with van der Waals surface area (Å²) in [5, 5.41) is 2.16. The molecule has 0 aliphatic carbocycles. The maximum Gasteiger partial charge on any atom is 0.240 e. The zero-order valence-electron chi connectivity index (χ0n) is 16.7. The first-order valence-corrected chi connectivity index (χ1v) is 12.6. The van der Waals surface area contributed by atoms with Crippen LogP contribution in [0.3, 0.4) is 0 Å². The minimum atomic E-state index is -3.82. The molecule has 1 saturated heterocycles. The quantitative estimate of drug-likeness (QED) is 0.733. The molecule has 2 aromatic rings. The fourth-order valence-corrected chi connectivity index (χ4v) is 6.18. The summed E-state index contributed by atoms with van der Waals surface area (Å²) in [6.45, 7) is 3.48. The summed E-state index contributed by atoms with van der Waals surface area (Å²) in [5.74, 6) is -0.657. The van der Waals surface area contributed by atoms with Crippen LogP contribution in [0.15, 0.2) is 40.6 Å². The number of thiophene rings is 1. The molecule has 6 nitrogen and oxygen atoms in total. The molecule has 2 aliphatic rings. The van der Waals surface area contributed by atoms with Gasteiger partial charge in [0.05, 0.1) is 4.90 Å². The van der Waals surface area contributed by atoms with Crippen LogP contribution in [-0.2, 0) is 27.8 Å². The molecule has 0 atom stereocenters. The predicted octanol–water partition coefficient (Wildman–Crippen LogP) is 2.60. The highest BCUT2D eigenvalue weighted by molar-refractivity contribution is 7.89. The molecular weight excluding hydrogens is 425 g/mol. The van der Waals surface area contributed by atoms with Gasteiger partial charge in [0.1, 0.15) is 5.82 Å². The van der Waals surface area contributed by atoms with E-state index < -0.39 is 15.8 Å². The van der Waals surface area contributed by atoms with Crippen molar-refractivity contribution in [1.82, 2.24) is 14.5 Å². The Morgan fingerprint density at radius 1 is 1.20 bits per heavy atom. The standard InChI is InChI=1S/C21H26FN3O3S2/c22-17-2-1-3-19(14-17)30(27,28)23-9-4-21(26)24-10-5-18(6-11-24)25-12-7-20-16(15-25)8-13-29-20/h1-3,8,13-14,18,23H,4-7,9-12,15H2. The van der Waals surface area contributed by atoms with E-state index in [0.717, 1.165) is 38.4 Å². The summed E-state index contributed by atoms with van der Waals surface area (Å²) >= 11 is 1.84. The molecule has 0 bridgehead atoms. The van der Waals surface area contributed by atoms with E-state index in [9.17, 15) is 17.6 Å². The van der Waals surface area contributed by atoms with Crippen molar-refractivity contribution in [2.75, 3.05) is 26.2 Å². The van der Waals surface area contributed by atoms with Gasteiger partial charge in [0.15, 0.2) is 0 Å².